The Labute approximate surface area is 136 Å². The van der Waals surface area contributed by atoms with Gasteiger partial charge in [-0.1, -0.05) is 37.0 Å². The molecule has 3 N–H and O–H groups in total. The van der Waals surface area contributed by atoms with Gasteiger partial charge in [0.1, 0.15) is 0 Å². The first-order chi connectivity index (χ1) is 9.70. The Hall–Kier alpha value is -0.970. The highest BCUT2D eigenvalue weighted by atomic mass is 35.5. The Kier molecular flexibility index (Phi) is 6.78. The maximum atomic E-state index is 12.2. The molecular weight excluding hydrogens is 309 g/mol. The topological polar surface area (TPSA) is 58.4 Å². The SMILES string of the molecule is CC(C)CN(CC(=O)Nc1c(N)cc(Cl)cc1Cl)C(C)C. The van der Waals surface area contributed by atoms with Crippen LogP contribution in [-0.4, -0.2) is 29.9 Å². The van der Waals surface area contributed by atoms with Gasteiger partial charge in [0.15, 0.2) is 0 Å². The van der Waals surface area contributed by atoms with Gasteiger partial charge in [0.2, 0.25) is 5.91 Å². The van der Waals surface area contributed by atoms with E-state index in [0.29, 0.717) is 33.9 Å². The van der Waals surface area contributed by atoms with Gasteiger partial charge < -0.3 is 11.1 Å². The minimum Gasteiger partial charge on any atom is -0.397 e. The number of nitrogens with two attached hydrogens (primary N) is 1. The van der Waals surface area contributed by atoms with Crippen molar-refractivity contribution in [3.63, 3.8) is 0 Å². The van der Waals surface area contributed by atoms with Crippen molar-refractivity contribution in [3.8, 4) is 0 Å². The number of hydrogen-bond acceptors (Lipinski definition) is 3. The number of hydrogen-bond donors (Lipinski definition) is 2. The van der Waals surface area contributed by atoms with E-state index in [1.54, 1.807) is 12.1 Å². The van der Waals surface area contributed by atoms with Gasteiger partial charge in [-0.05, 0) is 31.9 Å². The first-order valence-corrected chi connectivity index (χ1v) is 7.74. The van der Waals surface area contributed by atoms with Crippen LogP contribution in [0.1, 0.15) is 27.7 Å². The summed E-state index contributed by atoms with van der Waals surface area (Å²) >= 11 is 11.9. The van der Waals surface area contributed by atoms with Gasteiger partial charge in [-0.25, -0.2) is 0 Å². The number of benzene rings is 1. The largest absolute Gasteiger partial charge is 0.397 e. The van der Waals surface area contributed by atoms with Crippen LogP contribution >= 0.6 is 23.2 Å². The number of carbonyl (C=O) groups excluding carboxylic acids is 1. The molecule has 6 heteroatoms. The number of amides is 1. The molecule has 0 unspecified atom stereocenters. The fraction of sp³-hybridized carbons (Fsp3) is 0.533. The predicted molar refractivity (Wildman–Crippen MR) is 91.1 cm³/mol. The van der Waals surface area contributed by atoms with Crippen molar-refractivity contribution in [1.82, 2.24) is 4.90 Å². The molecule has 0 saturated heterocycles. The zero-order chi connectivity index (χ0) is 16.2. The lowest BCUT2D eigenvalue weighted by Crippen LogP contribution is -2.40. The van der Waals surface area contributed by atoms with Gasteiger partial charge >= 0.3 is 0 Å². The third-order valence-corrected chi connectivity index (χ3v) is 3.54. The van der Waals surface area contributed by atoms with Crippen molar-refractivity contribution in [1.29, 1.82) is 0 Å². The van der Waals surface area contributed by atoms with Crippen LogP contribution in [0.25, 0.3) is 0 Å². The average Bonchev–Trinajstić information content (AvgIpc) is 2.32. The number of halogens is 2. The number of nitrogens with zero attached hydrogens (tertiary/aromatic N) is 1. The zero-order valence-electron chi connectivity index (χ0n) is 12.9. The molecule has 0 saturated carbocycles. The van der Waals surface area contributed by atoms with Crippen LogP contribution in [0.2, 0.25) is 10.0 Å². The fourth-order valence-corrected chi connectivity index (χ4v) is 2.57. The molecule has 0 heterocycles. The van der Waals surface area contributed by atoms with Crippen LogP contribution in [0.3, 0.4) is 0 Å². The molecule has 1 aromatic carbocycles. The predicted octanol–water partition coefficient (Wildman–Crippen LogP) is 3.88. The Morgan fingerprint density at radius 3 is 2.38 bits per heavy atom. The van der Waals surface area contributed by atoms with E-state index in [1.807, 2.05) is 0 Å². The number of nitrogens with one attached hydrogen (secondary N) is 1. The molecule has 0 radical (unpaired) electrons. The van der Waals surface area contributed by atoms with Crippen molar-refractivity contribution in [3.05, 3.63) is 22.2 Å². The second-order valence-electron chi connectivity index (χ2n) is 5.82. The molecule has 1 aromatic rings. The molecule has 0 spiro atoms. The van der Waals surface area contributed by atoms with Crippen LogP contribution in [0.4, 0.5) is 11.4 Å². The summed E-state index contributed by atoms with van der Waals surface area (Å²) in [5, 5.41) is 3.55. The van der Waals surface area contributed by atoms with Crippen LogP contribution in [-0.2, 0) is 4.79 Å². The van der Waals surface area contributed by atoms with Gasteiger partial charge in [-0.15, -0.1) is 0 Å². The van der Waals surface area contributed by atoms with Gasteiger partial charge in [-0.3, -0.25) is 9.69 Å². The average molecular weight is 332 g/mol. The third-order valence-electron chi connectivity index (χ3n) is 3.03. The number of nitrogen functional groups attached to an aromatic ring is 1. The van der Waals surface area contributed by atoms with Crippen LogP contribution in [0, 0.1) is 5.92 Å². The maximum Gasteiger partial charge on any atom is 0.238 e. The van der Waals surface area contributed by atoms with Crippen LogP contribution in [0.5, 0.6) is 0 Å². The summed E-state index contributed by atoms with van der Waals surface area (Å²) in [6.07, 6.45) is 0. The molecule has 0 bridgehead atoms. The molecule has 0 aliphatic heterocycles. The summed E-state index contributed by atoms with van der Waals surface area (Å²) in [5.74, 6) is 0.352. The quantitative estimate of drug-likeness (QED) is 0.777. The van der Waals surface area contributed by atoms with Crippen LogP contribution in [0.15, 0.2) is 12.1 Å². The minimum absolute atomic E-state index is 0.139. The first kappa shape index (κ1) is 18.1. The molecular formula is C15H23Cl2N3O. The molecule has 0 aliphatic carbocycles. The standard InChI is InChI=1S/C15H23Cl2N3O/c1-9(2)7-20(10(3)4)8-14(21)19-15-12(17)5-11(16)6-13(15)18/h5-6,9-10H,7-8,18H2,1-4H3,(H,19,21). The second-order valence-corrected chi connectivity index (χ2v) is 6.66. The Morgan fingerprint density at radius 2 is 1.90 bits per heavy atom. The van der Waals surface area contributed by atoms with Gasteiger partial charge in [-0.2, -0.15) is 0 Å². The molecule has 4 nitrogen and oxygen atoms in total. The minimum atomic E-state index is -0.139. The van der Waals surface area contributed by atoms with E-state index in [9.17, 15) is 4.79 Å². The summed E-state index contributed by atoms with van der Waals surface area (Å²) in [4.78, 5) is 14.3. The smallest absolute Gasteiger partial charge is 0.238 e. The van der Waals surface area contributed by atoms with E-state index in [1.165, 1.54) is 0 Å². The summed E-state index contributed by atoms with van der Waals surface area (Å²) in [5.41, 5.74) is 6.62. The third kappa shape index (κ3) is 5.73. The Morgan fingerprint density at radius 1 is 1.29 bits per heavy atom. The molecule has 0 atom stereocenters. The maximum absolute atomic E-state index is 12.2. The van der Waals surface area contributed by atoms with E-state index in [0.717, 1.165) is 6.54 Å². The summed E-state index contributed by atoms with van der Waals surface area (Å²) in [6, 6.07) is 3.41. The molecule has 0 fully saturated rings. The summed E-state index contributed by atoms with van der Waals surface area (Å²) in [7, 11) is 0. The van der Waals surface area contributed by atoms with Crippen molar-refractivity contribution < 1.29 is 4.79 Å². The summed E-state index contributed by atoms with van der Waals surface area (Å²) < 4.78 is 0. The molecule has 1 amide bonds. The van der Waals surface area contributed by atoms with E-state index < -0.39 is 0 Å². The van der Waals surface area contributed by atoms with Gasteiger partial charge in [0, 0.05) is 17.6 Å². The van der Waals surface area contributed by atoms with Gasteiger partial charge in [0.05, 0.1) is 22.9 Å². The van der Waals surface area contributed by atoms with Crippen molar-refractivity contribution in [2.75, 3.05) is 24.1 Å². The van der Waals surface area contributed by atoms with E-state index in [2.05, 4.69) is 37.9 Å². The number of carbonyl (C=O) groups is 1. The van der Waals surface area contributed by atoms with E-state index >= 15 is 0 Å². The lowest BCUT2D eigenvalue weighted by Gasteiger charge is -2.27. The zero-order valence-corrected chi connectivity index (χ0v) is 14.4. The van der Waals surface area contributed by atoms with E-state index in [-0.39, 0.29) is 11.9 Å². The summed E-state index contributed by atoms with van der Waals surface area (Å²) in [6.45, 7) is 9.55. The lowest BCUT2D eigenvalue weighted by atomic mass is 10.2. The molecule has 118 valence electrons. The normalized spacial score (nSPS) is 11.5. The molecule has 0 aliphatic rings. The number of rotatable bonds is 6. The Balaban J connectivity index is 2.77. The van der Waals surface area contributed by atoms with Crippen molar-refractivity contribution in [2.24, 2.45) is 5.92 Å². The molecule has 21 heavy (non-hydrogen) atoms. The fourth-order valence-electron chi connectivity index (χ4n) is 2.02. The highest BCUT2D eigenvalue weighted by Gasteiger charge is 2.17. The molecule has 0 aromatic heterocycles. The highest BCUT2D eigenvalue weighted by Crippen LogP contribution is 2.31. The first-order valence-electron chi connectivity index (χ1n) is 6.99. The van der Waals surface area contributed by atoms with Crippen LogP contribution < -0.4 is 11.1 Å². The van der Waals surface area contributed by atoms with Crippen molar-refractivity contribution >= 4 is 40.5 Å². The van der Waals surface area contributed by atoms with Crippen molar-refractivity contribution in [2.45, 2.75) is 33.7 Å². The van der Waals surface area contributed by atoms with Gasteiger partial charge in [0.25, 0.3) is 0 Å². The monoisotopic (exact) mass is 331 g/mol. The second kappa shape index (κ2) is 7.87. The number of anilines is 2. The Bertz CT molecular complexity index is 481. The van der Waals surface area contributed by atoms with E-state index in [4.69, 9.17) is 28.9 Å². The molecule has 1 rings (SSSR count). The highest BCUT2D eigenvalue weighted by molar-refractivity contribution is 6.37. The lowest BCUT2D eigenvalue weighted by molar-refractivity contribution is -0.117.